The van der Waals surface area contributed by atoms with Crippen LogP contribution in [0.3, 0.4) is 0 Å². The van der Waals surface area contributed by atoms with Gasteiger partial charge in [-0.05, 0) is 31.7 Å². The molecule has 0 aromatic carbocycles. The second-order valence-electron chi connectivity index (χ2n) is 6.39. The van der Waals surface area contributed by atoms with Gasteiger partial charge in [0.1, 0.15) is 11.5 Å². The minimum absolute atomic E-state index is 0.399. The lowest BCUT2D eigenvalue weighted by molar-refractivity contribution is 0.183. The number of methoxy groups -OCH3 is 1. The molecule has 0 saturated heterocycles. The zero-order chi connectivity index (χ0) is 17.2. The molecule has 0 radical (unpaired) electrons. The van der Waals surface area contributed by atoms with Crippen LogP contribution in [0.15, 0.2) is 18.5 Å². The van der Waals surface area contributed by atoms with E-state index in [9.17, 15) is 0 Å². The maximum Gasteiger partial charge on any atom is 0.232 e. The molecule has 1 fully saturated rings. The fourth-order valence-electron chi connectivity index (χ4n) is 2.80. The van der Waals surface area contributed by atoms with Gasteiger partial charge in [0.15, 0.2) is 5.82 Å². The first-order valence-corrected chi connectivity index (χ1v) is 8.50. The molecule has 4 rings (SSSR count). The van der Waals surface area contributed by atoms with E-state index in [-0.39, 0.29) is 0 Å². The van der Waals surface area contributed by atoms with Crippen molar-refractivity contribution in [1.29, 1.82) is 0 Å². The van der Waals surface area contributed by atoms with Crippen LogP contribution < -0.4 is 10.6 Å². The number of rotatable bonds is 8. The quantitative estimate of drug-likeness (QED) is 0.576. The molecule has 0 unspecified atom stereocenters. The van der Waals surface area contributed by atoms with E-state index in [1.54, 1.807) is 18.0 Å². The van der Waals surface area contributed by atoms with Crippen LogP contribution in [-0.4, -0.2) is 49.7 Å². The molecule has 1 saturated carbocycles. The predicted octanol–water partition coefficient (Wildman–Crippen LogP) is 2.15. The summed E-state index contributed by atoms with van der Waals surface area (Å²) in [5.74, 6) is 2.66. The van der Waals surface area contributed by atoms with Gasteiger partial charge in [-0.2, -0.15) is 9.97 Å². The standard InChI is InChI=1S/C16H22N8O/c1-10(11-3-4-11)18-15-12-5-6-17-14(12)20-16(21-15)19-13-9-24(23-22-13)7-8-25-2/h5-6,9-11H,3-4,7-8H2,1-2H3,(H3,17,18,19,20,21)/t10-/m0/s1. The van der Waals surface area contributed by atoms with Gasteiger partial charge in [0.2, 0.25) is 5.95 Å². The van der Waals surface area contributed by atoms with E-state index in [0.29, 0.717) is 31.0 Å². The van der Waals surface area contributed by atoms with Gasteiger partial charge in [-0.1, -0.05) is 5.21 Å². The van der Waals surface area contributed by atoms with E-state index in [2.05, 4.69) is 42.8 Å². The summed E-state index contributed by atoms with van der Waals surface area (Å²) in [6.07, 6.45) is 6.24. The number of hydrogen-bond acceptors (Lipinski definition) is 7. The molecular formula is C16H22N8O. The van der Waals surface area contributed by atoms with E-state index in [4.69, 9.17) is 4.74 Å². The Morgan fingerprint density at radius 3 is 3.08 bits per heavy atom. The van der Waals surface area contributed by atoms with Crippen molar-refractivity contribution in [3.8, 4) is 0 Å². The van der Waals surface area contributed by atoms with Crippen LogP contribution in [0.2, 0.25) is 0 Å². The largest absolute Gasteiger partial charge is 0.383 e. The Morgan fingerprint density at radius 1 is 1.40 bits per heavy atom. The van der Waals surface area contributed by atoms with Gasteiger partial charge >= 0.3 is 0 Å². The Morgan fingerprint density at radius 2 is 2.28 bits per heavy atom. The van der Waals surface area contributed by atoms with Crippen molar-refractivity contribution in [3.63, 3.8) is 0 Å². The molecule has 1 aliphatic carbocycles. The van der Waals surface area contributed by atoms with Crippen LogP contribution in [0, 0.1) is 5.92 Å². The SMILES string of the molecule is COCCn1cc(Nc2nc(N[C@@H](C)C3CC3)c3cc[nH]c3n2)nn1. The van der Waals surface area contributed by atoms with Crippen LogP contribution in [0.5, 0.6) is 0 Å². The number of nitrogens with one attached hydrogen (secondary N) is 3. The van der Waals surface area contributed by atoms with E-state index in [1.165, 1.54) is 12.8 Å². The molecule has 3 N–H and O–H groups in total. The minimum Gasteiger partial charge on any atom is -0.383 e. The van der Waals surface area contributed by atoms with Crippen molar-refractivity contribution in [2.75, 3.05) is 24.4 Å². The summed E-state index contributed by atoms with van der Waals surface area (Å²) >= 11 is 0. The van der Waals surface area contributed by atoms with Crippen LogP contribution in [0.1, 0.15) is 19.8 Å². The molecule has 3 aromatic heterocycles. The molecule has 0 amide bonds. The van der Waals surface area contributed by atoms with Crippen molar-refractivity contribution in [2.45, 2.75) is 32.4 Å². The number of aromatic nitrogens is 6. The molecule has 0 aliphatic heterocycles. The molecule has 0 spiro atoms. The highest BCUT2D eigenvalue weighted by molar-refractivity contribution is 5.88. The fraction of sp³-hybridized carbons (Fsp3) is 0.500. The van der Waals surface area contributed by atoms with Gasteiger partial charge in [-0.3, -0.25) is 0 Å². The molecule has 3 heterocycles. The summed E-state index contributed by atoms with van der Waals surface area (Å²) in [5, 5.41) is 15.8. The third-order valence-corrected chi connectivity index (χ3v) is 4.41. The van der Waals surface area contributed by atoms with E-state index in [1.807, 2.05) is 12.3 Å². The highest BCUT2D eigenvalue weighted by atomic mass is 16.5. The molecule has 9 heteroatoms. The summed E-state index contributed by atoms with van der Waals surface area (Å²) in [6, 6.07) is 2.39. The third kappa shape index (κ3) is 3.55. The number of ether oxygens (including phenoxy) is 1. The van der Waals surface area contributed by atoms with Gasteiger partial charge in [-0.15, -0.1) is 5.10 Å². The van der Waals surface area contributed by atoms with Crippen LogP contribution in [-0.2, 0) is 11.3 Å². The molecule has 1 aliphatic rings. The summed E-state index contributed by atoms with van der Waals surface area (Å²) in [4.78, 5) is 12.3. The van der Waals surface area contributed by atoms with Crippen LogP contribution >= 0.6 is 0 Å². The van der Waals surface area contributed by atoms with Crippen molar-refractivity contribution >= 4 is 28.6 Å². The Hall–Kier alpha value is -2.68. The van der Waals surface area contributed by atoms with E-state index < -0.39 is 0 Å². The monoisotopic (exact) mass is 342 g/mol. The van der Waals surface area contributed by atoms with Gasteiger partial charge in [0.25, 0.3) is 0 Å². The second-order valence-corrected chi connectivity index (χ2v) is 6.39. The zero-order valence-electron chi connectivity index (χ0n) is 14.4. The molecule has 132 valence electrons. The lowest BCUT2D eigenvalue weighted by atomic mass is 10.2. The van der Waals surface area contributed by atoms with Crippen molar-refractivity contribution in [3.05, 3.63) is 18.5 Å². The third-order valence-electron chi connectivity index (χ3n) is 4.41. The van der Waals surface area contributed by atoms with Crippen LogP contribution in [0.4, 0.5) is 17.6 Å². The first-order valence-electron chi connectivity index (χ1n) is 8.50. The summed E-state index contributed by atoms with van der Waals surface area (Å²) in [5.41, 5.74) is 0.787. The Balaban J connectivity index is 1.55. The summed E-state index contributed by atoms with van der Waals surface area (Å²) < 4.78 is 6.76. The molecule has 9 nitrogen and oxygen atoms in total. The summed E-state index contributed by atoms with van der Waals surface area (Å²) in [7, 11) is 1.66. The lowest BCUT2D eigenvalue weighted by Crippen LogP contribution is -2.18. The first-order chi connectivity index (χ1) is 12.2. The molecule has 1 atom stereocenters. The van der Waals surface area contributed by atoms with E-state index in [0.717, 1.165) is 22.8 Å². The fourth-order valence-corrected chi connectivity index (χ4v) is 2.80. The second kappa shape index (κ2) is 6.67. The highest BCUT2D eigenvalue weighted by Crippen LogP contribution is 2.34. The molecule has 0 bridgehead atoms. The molecular weight excluding hydrogens is 320 g/mol. The number of aromatic amines is 1. The van der Waals surface area contributed by atoms with Gasteiger partial charge < -0.3 is 20.4 Å². The smallest absolute Gasteiger partial charge is 0.232 e. The van der Waals surface area contributed by atoms with E-state index >= 15 is 0 Å². The average Bonchev–Trinajstić information content (AvgIpc) is 3.19. The number of anilines is 3. The highest BCUT2D eigenvalue weighted by Gasteiger charge is 2.28. The van der Waals surface area contributed by atoms with Gasteiger partial charge in [0.05, 0.1) is 24.7 Å². The Labute approximate surface area is 145 Å². The maximum atomic E-state index is 5.04. The minimum atomic E-state index is 0.399. The van der Waals surface area contributed by atoms with Gasteiger partial charge in [0, 0.05) is 19.3 Å². The molecule has 3 aromatic rings. The number of nitrogens with zero attached hydrogens (tertiary/aromatic N) is 5. The van der Waals surface area contributed by atoms with Crippen molar-refractivity contribution in [1.82, 2.24) is 29.9 Å². The maximum absolute atomic E-state index is 5.04. The topological polar surface area (TPSA) is 106 Å². The number of fused-ring (bicyclic) bond motifs is 1. The first kappa shape index (κ1) is 15.8. The average molecular weight is 342 g/mol. The van der Waals surface area contributed by atoms with Gasteiger partial charge in [-0.25, -0.2) is 4.68 Å². The van der Waals surface area contributed by atoms with Crippen molar-refractivity contribution in [2.24, 2.45) is 5.92 Å². The predicted molar refractivity (Wildman–Crippen MR) is 94.9 cm³/mol. The lowest BCUT2D eigenvalue weighted by Gasteiger charge is -2.15. The van der Waals surface area contributed by atoms with Crippen molar-refractivity contribution < 1.29 is 4.74 Å². The summed E-state index contributed by atoms with van der Waals surface area (Å²) in [6.45, 7) is 3.43. The zero-order valence-corrected chi connectivity index (χ0v) is 14.4. The Bertz CT molecular complexity index is 853. The Kier molecular flexibility index (Phi) is 4.22. The normalized spacial score (nSPS) is 15.4. The van der Waals surface area contributed by atoms with Crippen LogP contribution in [0.25, 0.3) is 11.0 Å². The number of H-pyrrole nitrogens is 1. The number of hydrogen-bond donors (Lipinski definition) is 3. The molecule has 25 heavy (non-hydrogen) atoms.